The van der Waals surface area contributed by atoms with Gasteiger partial charge in [-0.3, -0.25) is 14.4 Å². The zero-order valence-corrected chi connectivity index (χ0v) is 15.8. The van der Waals surface area contributed by atoms with Crippen LogP contribution in [0.5, 0.6) is 0 Å². The van der Waals surface area contributed by atoms with Gasteiger partial charge in [0.15, 0.2) is 9.84 Å². The summed E-state index contributed by atoms with van der Waals surface area (Å²) in [6, 6.07) is 0. The van der Waals surface area contributed by atoms with Gasteiger partial charge in [0, 0.05) is 13.0 Å². The Balaban J connectivity index is 1.67. The van der Waals surface area contributed by atoms with Crippen molar-refractivity contribution in [2.24, 2.45) is 11.1 Å². The lowest BCUT2D eigenvalue weighted by Gasteiger charge is -2.11. The first-order chi connectivity index (χ1) is 13.3. The Bertz CT molecular complexity index is 892. The summed E-state index contributed by atoms with van der Waals surface area (Å²) in [7, 11) is -3.70. The number of Topliss-reactive ketones (excluding diaryl/α,β-unsaturated/α-hetero) is 1. The van der Waals surface area contributed by atoms with Crippen LogP contribution in [0, 0.1) is 11.8 Å². The molecular formula is C15H18F3N4O6S. The van der Waals surface area contributed by atoms with Gasteiger partial charge in [-0.15, -0.1) is 0 Å². The highest BCUT2D eigenvalue weighted by molar-refractivity contribution is 7.91. The molecule has 0 saturated heterocycles. The van der Waals surface area contributed by atoms with E-state index in [1.807, 2.05) is 0 Å². The molecule has 1 aromatic heterocycles. The summed E-state index contributed by atoms with van der Waals surface area (Å²) in [6.45, 7) is -0.0314. The van der Waals surface area contributed by atoms with Gasteiger partial charge < -0.3 is 15.6 Å². The first kappa shape index (κ1) is 22.8. The van der Waals surface area contributed by atoms with Crippen LogP contribution in [0.15, 0.2) is 4.52 Å². The monoisotopic (exact) mass is 439 g/mol. The first-order valence-electron chi connectivity index (χ1n) is 8.40. The summed E-state index contributed by atoms with van der Waals surface area (Å²) in [4.78, 5) is 37.6. The summed E-state index contributed by atoms with van der Waals surface area (Å²) in [6.07, 6.45) is -3.36. The van der Waals surface area contributed by atoms with Crippen LogP contribution in [0.2, 0.25) is 0 Å². The molecule has 0 unspecified atom stereocenters. The molecule has 0 spiro atoms. The maximum Gasteiger partial charge on any atom is 0.471 e. The molecule has 0 bridgehead atoms. The average molecular weight is 439 g/mol. The predicted octanol–water partition coefficient (Wildman–Crippen LogP) is 0.0521. The van der Waals surface area contributed by atoms with E-state index in [-0.39, 0.29) is 19.4 Å². The van der Waals surface area contributed by atoms with Crippen molar-refractivity contribution >= 4 is 27.4 Å². The third-order valence-electron chi connectivity index (χ3n) is 4.19. The zero-order chi connectivity index (χ0) is 21.9. The molecule has 1 heterocycles. The molecule has 1 aliphatic rings. The van der Waals surface area contributed by atoms with Gasteiger partial charge in [-0.2, -0.15) is 18.2 Å². The number of aromatic nitrogens is 2. The van der Waals surface area contributed by atoms with Gasteiger partial charge in [-0.25, -0.2) is 8.42 Å². The topological polar surface area (TPSA) is 162 Å². The number of nitrogens with zero attached hydrogens (tertiary/aromatic N) is 2. The Morgan fingerprint density at radius 1 is 1.28 bits per heavy atom. The van der Waals surface area contributed by atoms with E-state index in [4.69, 9.17) is 5.73 Å². The molecule has 1 fully saturated rings. The van der Waals surface area contributed by atoms with E-state index < -0.39 is 62.2 Å². The van der Waals surface area contributed by atoms with Crippen LogP contribution in [-0.4, -0.2) is 54.2 Å². The largest absolute Gasteiger partial charge is 0.471 e. The number of halogens is 3. The Labute approximate surface area is 163 Å². The highest BCUT2D eigenvalue weighted by Gasteiger charge is 2.51. The van der Waals surface area contributed by atoms with Crippen LogP contribution in [0.1, 0.15) is 42.2 Å². The van der Waals surface area contributed by atoms with Gasteiger partial charge in [0.05, 0.1) is 23.3 Å². The van der Waals surface area contributed by atoms with E-state index >= 15 is 0 Å². The second kappa shape index (κ2) is 8.47. The van der Waals surface area contributed by atoms with E-state index in [1.165, 1.54) is 0 Å². The maximum absolute atomic E-state index is 12.3. The molecule has 1 saturated carbocycles. The number of hydrogen-bond donors (Lipinski definition) is 2. The van der Waals surface area contributed by atoms with Gasteiger partial charge in [0.2, 0.25) is 23.4 Å². The van der Waals surface area contributed by atoms with Crippen molar-refractivity contribution in [1.29, 1.82) is 0 Å². The van der Waals surface area contributed by atoms with Crippen LogP contribution >= 0.6 is 0 Å². The highest BCUT2D eigenvalue weighted by atomic mass is 32.2. The van der Waals surface area contributed by atoms with Crippen LogP contribution in [0.4, 0.5) is 13.2 Å². The predicted molar refractivity (Wildman–Crippen MR) is 89.7 cm³/mol. The Morgan fingerprint density at radius 2 is 1.93 bits per heavy atom. The van der Waals surface area contributed by atoms with Crippen molar-refractivity contribution in [3.05, 3.63) is 18.1 Å². The lowest BCUT2D eigenvalue weighted by molar-refractivity contribution is -0.159. The fourth-order valence-electron chi connectivity index (χ4n) is 2.39. The number of carbonyl (C=O) groups excluding carboxylic acids is 3. The number of carbonyl (C=O) groups is 3. The molecule has 2 amide bonds. The van der Waals surface area contributed by atoms with E-state index in [0.717, 1.165) is 6.42 Å². The molecule has 0 atom stereocenters. The molecule has 1 aromatic rings. The van der Waals surface area contributed by atoms with Crippen LogP contribution < -0.4 is 11.1 Å². The molecule has 10 nitrogen and oxygen atoms in total. The lowest BCUT2D eigenvalue weighted by atomic mass is 10.1. The minimum atomic E-state index is -4.85. The van der Waals surface area contributed by atoms with Crippen molar-refractivity contribution in [2.45, 2.75) is 31.9 Å². The SMILES string of the molecule is NC(=O)C1(CS(=O)(=O)C[CH]C(=O)NCCCC(=O)c2noc(C(F)(F)F)n2)CC1. The van der Waals surface area contributed by atoms with E-state index in [0.29, 0.717) is 12.8 Å². The van der Waals surface area contributed by atoms with E-state index in [1.54, 1.807) is 0 Å². The summed E-state index contributed by atoms with van der Waals surface area (Å²) in [5.74, 6) is -5.53. The highest BCUT2D eigenvalue weighted by Crippen LogP contribution is 2.46. The smallest absolute Gasteiger partial charge is 0.369 e. The number of rotatable bonds is 11. The van der Waals surface area contributed by atoms with E-state index in [2.05, 4.69) is 20.0 Å². The van der Waals surface area contributed by atoms with Crippen LogP contribution in [-0.2, 0) is 25.6 Å². The normalized spacial score (nSPS) is 15.7. The summed E-state index contributed by atoms with van der Waals surface area (Å²) < 4.78 is 64.9. The van der Waals surface area contributed by atoms with Gasteiger partial charge in [-0.1, -0.05) is 5.16 Å². The first-order valence-corrected chi connectivity index (χ1v) is 10.2. The van der Waals surface area contributed by atoms with Crippen molar-refractivity contribution in [1.82, 2.24) is 15.5 Å². The molecule has 2 rings (SSSR count). The van der Waals surface area contributed by atoms with Crippen molar-refractivity contribution in [3.63, 3.8) is 0 Å². The third-order valence-corrected chi connectivity index (χ3v) is 5.86. The number of sulfone groups is 1. The molecular weight excluding hydrogens is 421 g/mol. The molecule has 3 N–H and O–H groups in total. The van der Waals surface area contributed by atoms with Gasteiger partial charge in [0.1, 0.15) is 0 Å². The second-order valence-electron chi connectivity index (χ2n) is 6.64. The summed E-state index contributed by atoms with van der Waals surface area (Å²) in [5.41, 5.74) is 4.14. The number of nitrogens with two attached hydrogens (primary N) is 1. The number of hydrogen-bond acceptors (Lipinski definition) is 8. The molecule has 1 aliphatic carbocycles. The minimum absolute atomic E-state index is 0.0314. The van der Waals surface area contributed by atoms with Crippen molar-refractivity contribution in [2.75, 3.05) is 18.1 Å². The molecule has 14 heteroatoms. The minimum Gasteiger partial charge on any atom is -0.369 e. The average Bonchev–Trinajstić information content (AvgIpc) is 3.19. The Kier molecular flexibility index (Phi) is 6.65. The molecule has 0 aromatic carbocycles. The standard InChI is InChI=1S/C15H18F3N4O6S/c16-15(17,18)13-21-11(22-28-13)9(23)2-1-6-20-10(24)3-7-29(26,27)8-14(4-5-14)12(19)25/h3H,1-2,4-8H2,(H2,19,25)(H,20,24). The second-order valence-corrected chi connectivity index (χ2v) is 8.75. The number of nitrogens with one attached hydrogen (secondary N) is 1. The molecule has 1 radical (unpaired) electrons. The van der Waals surface area contributed by atoms with Gasteiger partial charge >= 0.3 is 12.1 Å². The molecule has 29 heavy (non-hydrogen) atoms. The lowest BCUT2D eigenvalue weighted by Crippen LogP contribution is -2.34. The fraction of sp³-hybridized carbons (Fsp3) is 0.600. The Hall–Kier alpha value is -2.51. The van der Waals surface area contributed by atoms with Crippen molar-refractivity contribution in [3.8, 4) is 0 Å². The molecule has 0 aliphatic heterocycles. The zero-order valence-electron chi connectivity index (χ0n) is 15.0. The number of alkyl halides is 3. The van der Waals surface area contributed by atoms with Crippen LogP contribution in [0.3, 0.4) is 0 Å². The Morgan fingerprint density at radius 3 is 2.45 bits per heavy atom. The maximum atomic E-state index is 12.3. The quantitative estimate of drug-likeness (QED) is 0.361. The number of ketones is 1. The third kappa shape index (κ3) is 6.51. The summed E-state index contributed by atoms with van der Waals surface area (Å²) in [5, 5.41) is 5.30. The summed E-state index contributed by atoms with van der Waals surface area (Å²) >= 11 is 0. The van der Waals surface area contributed by atoms with Crippen LogP contribution in [0.25, 0.3) is 0 Å². The molecule has 161 valence electrons. The number of primary amides is 1. The van der Waals surface area contributed by atoms with Gasteiger partial charge in [-0.05, 0) is 19.3 Å². The van der Waals surface area contributed by atoms with Gasteiger partial charge in [0.25, 0.3) is 0 Å². The van der Waals surface area contributed by atoms with Crippen molar-refractivity contribution < 1.29 is 40.5 Å². The van der Waals surface area contributed by atoms with E-state index in [9.17, 15) is 36.0 Å². The fourth-order valence-corrected chi connectivity index (χ4v) is 4.19. The number of amides is 2.